The fourth-order valence-electron chi connectivity index (χ4n) is 4.66. The molecule has 1 N–H and O–H groups in total. The maximum absolute atomic E-state index is 13.0. The number of hydrogen-bond acceptors (Lipinski definition) is 5. The molecule has 1 atom stereocenters. The highest BCUT2D eigenvalue weighted by atomic mass is 16.5. The molecule has 6 heteroatoms. The molecule has 0 aromatic heterocycles. The lowest BCUT2D eigenvalue weighted by Gasteiger charge is -2.27. The Morgan fingerprint density at radius 2 is 2.00 bits per heavy atom. The molecule has 3 heterocycles. The molecule has 0 radical (unpaired) electrons. The molecule has 0 aliphatic carbocycles. The molecule has 1 amide bonds. The molecule has 0 bridgehead atoms. The molecule has 5 rings (SSSR count). The van der Waals surface area contributed by atoms with Gasteiger partial charge in [0.05, 0.1) is 18.9 Å². The monoisotopic (exact) mass is 468 g/mol. The van der Waals surface area contributed by atoms with E-state index >= 15 is 0 Å². The van der Waals surface area contributed by atoms with Gasteiger partial charge in [0, 0.05) is 48.6 Å². The van der Waals surface area contributed by atoms with Crippen molar-refractivity contribution in [1.82, 2.24) is 4.90 Å². The number of aliphatic imine (C=N–C) groups is 2. The molecule has 1 fully saturated rings. The van der Waals surface area contributed by atoms with Crippen LogP contribution in [0, 0.1) is 0 Å². The molecule has 3 aliphatic heterocycles. The van der Waals surface area contributed by atoms with E-state index < -0.39 is 0 Å². The van der Waals surface area contributed by atoms with Crippen LogP contribution in [0.1, 0.15) is 59.2 Å². The fraction of sp³-hybridized carbons (Fsp3) is 0.345. The number of benzene rings is 2. The predicted octanol–water partition coefficient (Wildman–Crippen LogP) is 5.29. The normalized spacial score (nSPS) is 20.1. The molecule has 2 aromatic rings. The summed E-state index contributed by atoms with van der Waals surface area (Å²) in [4.78, 5) is 24.4. The SMILES string of the molecule is CC1CN=Cc2cc(NC3=NC(c4cccc(C(=O)N5CCOCC5)c4)=CCCCC=C3)ccc21. The fourth-order valence-corrected chi connectivity index (χ4v) is 4.66. The van der Waals surface area contributed by atoms with Gasteiger partial charge in [-0.1, -0.05) is 37.3 Å². The topological polar surface area (TPSA) is 66.3 Å². The Kier molecular flexibility index (Phi) is 7.19. The molecule has 6 nitrogen and oxygen atoms in total. The van der Waals surface area contributed by atoms with Gasteiger partial charge in [0.15, 0.2) is 0 Å². The van der Waals surface area contributed by atoms with E-state index in [0.717, 1.165) is 54.2 Å². The number of anilines is 1. The Hall–Kier alpha value is -3.51. The third kappa shape index (κ3) is 5.60. The smallest absolute Gasteiger partial charge is 0.254 e. The number of carbonyl (C=O) groups excluding carboxylic acids is 1. The summed E-state index contributed by atoms with van der Waals surface area (Å²) in [7, 11) is 0. The van der Waals surface area contributed by atoms with Gasteiger partial charge in [0.2, 0.25) is 0 Å². The summed E-state index contributed by atoms with van der Waals surface area (Å²) in [6.07, 6.45) is 11.3. The summed E-state index contributed by atoms with van der Waals surface area (Å²) >= 11 is 0. The molecule has 1 saturated heterocycles. The lowest BCUT2D eigenvalue weighted by atomic mass is 9.93. The molecule has 1 unspecified atom stereocenters. The van der Waals surface area contributed by atoms with Crippen LogP contribution in [0.15, 0.2) is 70.7 Å². The van der Waals surface area contributed by atoms with Crippen LogP contribution in [0.2, 0.25) is 0 Å². The first kappa shape index (κ1) is 23.2. The number of hydrogen-bond donors (Lipinski definition) is 1. The van der Waals surface area contributed by atoms with Gasteiger partial charge in [-0.05, 0) is 60.7 Å². The molecular weight excluding hydrogens is 436 g/mol. The number of fused-ring (bicyclic) bond motifs is 1. The number of carbonyl (C=O) groups is 1. The Morgan fingerprint density at radius 1 is 1.11 bits per heavy atom. The summed E-state index contributed by atoms with van der Waals surface area (Å²) in [5, 5.41) is 3.50. The second kappa shape index (κ2) is 10.8. The van der Waals surface area contributed by atoms with Crippen molar-refractivity contribution in [2.24, 2.45) is 9.98 Å². The Bertz CT molecular complexity index is 1200. The van der Waals surface area contributed by atoms with Crippen LogP contribution >= 0.6 is 0 Å². The van der Waals surface area contributed by atoms with E-state index in [4.69, 9.17) is 9.73 Å². The van der Waals surface area contributed by atoms with E-state index in [2.05, 4.69) is 53.7 Å². The number of rotatable bonds is 3. The van der Waals surface area contributed by atoms with Crippen LogP contribution in [-0.2, 0) is 4.74 Å². The van der Waals surface area contributed by atoms with Crippen molar-refractivity contribution in [3.05, 3.63) is 82.9 Å². The zero-order valence-electron chi connectivity index (χ0n) is 20.2. The second-order valence-corrected chi connectivity index (χ2v) is 9.27. The van der Waals surface area contributed by atoms with Crippen molar-refractivity contribution in [3.8, 4) is 0 Å². The number of allylic oxidation sites excluding steroid dienone is 2. The van der Waals surface area contributed by atoms with Gasteiger partial charge >= 0.3 is 0 Å². The largest absolute Gasteiger partial charge is 0.378 e. The predicted molar refractivity (Wildman–Crippen MR) is 143 cm³/mol. The van der Waals surface area contributed by atoms with E-state index in [0.29, 0.717) is 37.8 Å². The first-order valence-corrected chi connectivity index (χ1v) is 12.5. The number of amidine groups is 1. The maximum atomic E-state index is 13.0. The maximum Gasteiger partial charge on any atom is 0.254 e. The van der Waals surface area contributed by atoms with Crippen molar-refractivity contribution < 1.29 is 9.53 Å². The number of nitrogens with one attached hydrogen (secondary N) is 1. The first-order chi connectivity index (χ1) is 17.2. The third-order valence-corrected chi connectivity index (χ3v) is 6.63. The lowest BCUT2D eigenvalue weighted by Crippen LogP contribution is -2.40. The van der Waals surface area contributed by atoms with Gasteiger partial charge in [-0.15, -0.1) is 0 Å². The summed E-state index contributed by atoms with van der Waals surface area (Å²) in [6.45, 7) is 5.50. The van der Waals surface area contributed by atoms with Gasteiger partial charge in [0.1, 0.15) is 5.84 Å². The van der Waals surface area contributed by atoms with Gasteiger partial charge in [-0.25, -0.2) is 4.99 Å². The highest BCUT2D eigenvalue weighted by Crippen LogP contribution is 2.26. The quantitative estimate of drug-likeness (QED) is 0.666. The average Bonchev–Trinajstić information content (AvgIpc) is 3.01. The molecular formula is C29H32N4O2. The number of nitrogens with zero attached hydrogens (tertiary/aromatic N) is 3. The Balaban J connectivity index is 1.42. The van der Waals surface area contributed by atoms with Crippen LogP contribution in [0.25, 0.3) is 5.70 Å². The minimum Gasteiger partial charge on any atom is -0.378 e. The highest BCUT2D eigenvalue weighted by Gasteiger charge is 2.19. The number of ether oxygens (including phenoxy) is 1. The van der Waals surface area contributed by atoms with E-state index in [-0.39, 0.29) is 5.91 Å². The molecule has 0 spiro atoms. The van der Waals surface area contributed by atoms with Gasteiger partial charge < -0.3 is 15.0 Å². The minimum atomic E-state index is 0.0472. The average molecular weight is 469 g/mol. The highest BCUT2D eigenvalue weighted by molar-refractivity contribution is 6.07. The van der Waals surface area contributed by atoms with Crippen molar-refractivity contribution >= 4 is 29.3 Å². The summed E-state index contributed by atoms with van der Waals surface area (Å²) in [6, 6.07) is 14.3. The van der Waals surface area contributed by atoms with Crippen molar-refractivity contribution in [1.29, 1.82) is 0 Å². The Labute approximate surface area is 207 Å². The minimum absolute atomic E-state index is 0.0472. The van der Waals surface area contributed by atoms with Crippen LogP contribution < -0.4 is 5.32 Å². The summed E-state index contributed by atoms with van der Waals surface area (Å²) in [5.41, 5.74) is 6.00. The van der Waals surface area contributed by atoms with E-state index in [9.17, 15) is 4.79 Å². The molecule has 3 aliphatic rings. The van der Waals surface area contributed by atoms with Crippen LogP contribution in [0.5, 0.6) is 0 Å². The summed E-state index contributed by atoms with van der Waals surface area (Å²) in [5.74, 6) is 1.27. The van der Waals surface area contributed by atoms with E-state index in [1.54, 1.807) is 0 Å². The third-order valence-electron chi connectivity index (χ3n) is 6.63. The lowest BCUT2D eigenvalue weighted by molar-refractivity contribution is 0.0303. The van der Waals surface area contributed by atoms with Crippen LogP contribution in [0.4, 0.5) is 5.69 Å². The van der Waals surface area contributed by atoms with Crippen molar-refractivity contribution in [3.63, 3.8) is 0 Å². The zero-order valence-corrected chi connectivity index (χ0v) is 20.2. The van der Waals surface area contributed by atoms with Crippen molar-refractivity contribution in [2.75, 3.05) is 38.2 Å². The van der Waals surface area contributed by atoms with E-state index in [1.165, 1.54) is 5.56 Å². The first-order valence-electron chi connectivity index (χ1n) is 12.5. The zero-order chi connectivity index (χ0) is 24.0. The molecule has 180 valence electrons. The Morgan fingerprint density at radius 3 is 2.89 bits per heavy atom. The van der Waals surface area contributed by atoms with Gasteiger partial charge in [-0.3, -0.25) is 9.79 Å². The second-order valence-electron chi connectivity index (χ2n) is 9.27. The standard InChI is InChI=1S/C29H32N4O2/c1-21-19-30-20-24-18-25(11-12-26(21)24)31-28-10-5-3-2-4-9-27(32-28)22-7-6-8-23(17-22)29(34)33-13-15-35-16-14-33/h5-12,17-18,20-21H,2-4,13-16,19H2,1H3,(H,31,32). The van der Waals surface area contributed by atoms with Crippen LogP contribution in [0.3, 0.4) is 0 Å². The van der Waals surface area contributed by atoms with E-state index in [1.807, 2.05) is 35.4 Å². The number of morpholine rings is 1. The molecule has 2 aromatic carbocycles. The van der Waals surface area contributed by atoms with Crippen LogP contribution in [-0.4, -0.2) is 55.7 Å². The van der Waals surface area contributed by atoms with Gasteiger partial charge in [-0.2, -0.15) is 0 Å². The summed E-state index contributed by atoms with van der Waals surface area (Å²) < 4.78 is 5.40. The van der Waals surface area contributed by atoms with Crippen molar-refractivity contribution in [2.45, 2.75) is 32.1 Å². The number of amides is 1. The molecule has 0 saturated carbocycles. The van der Waals surface area contributed by atoms with Gasteiger partial charge in [0.25, 0.3) is 5.91 Å². The molecule has 35 heavy (non-hydrogen) atoms.